The lowest BCUT2D eigenvalue weighted by Gasteiger charge is -2.14. The van der Waals surface area contributed by atoms with Crippen molar-refractivity contribution in [2.75, 3.05) is 37.1 Å². The first-order valence-electron chi connectivity index (χ1n) is 8.70. The van der Waals surface area contributed by atoms with Crippen molar-refractivity contribution in [3.05, 3.63) is 54.1 Å². The van der Waals surface area contributed by atoms with Crippen LogP contribution in [0.2, 0.25) is 0 Å². The highest BCUT2D eigenvalue weighted by Gasteiger charge is 2.22. The summed E-state index contributed by atoms with van der Waals surface area (Å²) in [6, 6.07) is 14.6. The highest BCUT2D eigenvalue weighted by Crippen LogP contribution is 2.48. The van der Waals surface area contributed by atoms with Gasteiger partial charge in [-0.2, -0.15) is 0 Å². The molecular formula is C20H21NO5S2. The maximum absolute atomic E-state index is 11.9. The van der Waals surface area contributed by atoms with Crippen molar-refractivity contribution in [2.45, 2.75) is 4.58 Å². The normalized spacial score (nSPS) is 13.8. The van der Waals surface area contributed by atoms with Crippen molar-refractivity contribution in [3.63, 3.8) is 0 Å². The third kappa shape index (κ3) is 5.84. The van der Waals surface area contributed by atoms with E-state index in [2.05, 4.69) is 5.32 Å². The van der Waals surface area contributed by atoms with E-state index < -0.39 is 11.9 Å². The van der Waals surface area contributed by atoms with Gasteiger partial charge in [-0.3, -0.25) is 4.79 Å². The maximum atomic E-state index is 11.9. The number of thioether (sulfide) groups is 2. The molecule has 0 spiro atoms. The summed E-state index contributed by atoms with van der Waals surface area (Å²) in [5.74, 6) is 2.57. The molecule has 8 heteroatoms. The van der Waals surface area contributed by atoms with Gasteiger partial charge in [-0.15, -0.1) is 23.5 Å². The summed E-state index contributed by atoms with van der Waals surface area (Å²) in [7, 11) is 1.57. The lowest BCUT2D eigenvalue weighted by Crippen LogP contribution is -2.23. The number of nitrogens with one attached hydrogen (secondary N) is 1. The van der Waals surface area contributed by atoms with Crippen LogP contribution in [-0.2, 0) is 14.3 Å². The van der Waals surface area contributed by atoms with E-state index in [1.165, 1.54) is 0 Å². The maximum Gasteiger partial charge on any atom is 0.344 e. The average Bonchev–Trinajstić information content (AvgIpc) is 3.26. The third-order valence-corrected chi connectivity index (χ3v) is 6.95. The van der Waals surface area contributed by atoms with Gasteiger partial charge in [0.05, 0.1) is 11.7 Å². The number of ether oxygens (including phenoxy) is 3. The molecular weight excluding hydrogens is 398 g/mol. The number of amides is 1. The number of carbonyl (C=O) groups is 2. The van der Waals surface area contributed by atoms with Crippen LogP contribution >= 0.6 is 23.5 Å². The summed E-state index contributed by atoms with van der Waals surface area (Å²) in [5.41, 5.74) is 1.67. The molecule has 1 saturated heterocycles. The average molecular weight is 420 g/mol. The first kappa shape index (κ1) is 20.4. The molecule has 0 atom stereocenters. The van der Waals surface area contributed by atoms with Crippen LogP contribution in [0.4, 0.5) is 5.69 Å². The Balaban J connectivity index is 1.44. The lowest BCUT2D eigenvalue weighted by atomic mass is 10.2. The van der Waals surface area contributed by atoms with E-state index >= 15 is 0 Å². The number of para-hydroxylation sites is 1. The van der Waals surface area contributed by atoms with Crippen molar-refractivity contribution in [3.8, 4) is 11.5 Å². The minimum Gasteiger partial charge on any atom is -0.497 e. The molecule has 0 bridgehead atoms. The minimum atomic E-state index is -0.591. The summed E-state index contributed by atoms with van der Waals surface area (Å²) in [6.07, 6.45) is 0. The van der Waals surface area contributed by atoms with Gasteiger partial charge in [-0.05, 0) is 30.3 Å². The Hall–Kier alpha value is -2.32. The second-order valence-corrected chi connectivity index (χ2v) is 8.56. The second-order valence-electron chi connectivity index (χ2n) is 5.84. The molecule has 0 saturated carbocycles. The minimum absolute atomic E-state index is 0.241. The van der Waals surface area contributed by atoms with E-state index in [1.54, 1.807) is 31.4 Å². The quantitative estimate of drug-likeness (QED) is 0.654. The summed E-state index contributed by atoms with van der Waals surface area (Å²) < 4.78 is 16.0. The van der Waals surface area contributed by atoms with Gasteiger partial charge in [0, 0.05) is 22.8 Å². The van der Waals surface area contributed by atoms with Crippen molar-refractivity contribution in [1.82, 2.24) is 0 Å². The predicted octanol–water partition coefficient (Wildman–Crippen LogP) is 3.73. The first-order valence-corrected chi connectivity index (χ1v) is 10.8. The molecule has 1 aliphatic heterocycles. The van der Waals surface area contributed by atoms with Crippen LogP contribution in [0.3, 0.4) is 0 Å². The molecule has 6 nitrogen and oxygen atoms in total. The number of carbonyl (C=O) groups excluding carboxylic acids is 2. The van der Waals surface area contributed by atoms with Crippen LogP contribution in [0, 0.1) is 0 Å². The molecule has 1 N–H and O–H groups in total. The number of methoxy groups -OCH3 is 1. The van der Waals surface area contributed by atoms with E-state index in [9.17, 15) is 9.59 Å². The number of hydrogen-bond acceptors (Lipinski definition) is 7. The smallest absolute Gasteiger partial charge is 0.344 e. The standard InChI is InChI=1S/C20H21NO5S2/c1-24-15-8-6-14(7-9-15)21-18(22)12-26-19(23)13-25-17-5-3-2-4-16(17)20-27-10-11-28-20/h2-9,20H,10-13H2,1H3,(H,21,22). The fourth-order valence-electron chi connectivity index (χ4n) is 2.54. The Bertz CT molecular complexity index is 806. The Morgan fingerprint density at radius 2 is 1.75 bits per heavy atom. The van der Waals surface area contributed by atoms with Gasteiger partial charge in [-0.25, -0.2) is 4.79 Å². The van der Waals surface area contributed by atoms with Crippen molar-refractivity contribution in [1.29, 1.82) is 0 Å². The zero-order chi connectivity index (χ0) is 19.8. The Morgan fingerprint density at radius 1 is 1.04 bits per heavy atom. The largest absolute Gasteiger partial charge is 0.497 e. The van der Waals surface area contributed by atoms with E-state index in [1.807, 2.05) is 47.8 Å². The number of rotatable bonds is 8. The summed E-state index contributed by atoms with van der Waals surface area (Å²) in [6.45, 7) is -0.612. The van der Waals surface area contributed by atoms with Gasteiger partial charge < -0.3 is 19.5 Å². The molecule has 1 amide bonds. The molecule has 148 valence electrons. The zero-order valence-corrected chi connectivity index (χ0v) is 17.0. The monoisotopic (exact) mass is 419 g/mol. The molecule has 3 rings (SSSR count). The number of esters is 1. The zero-order valence-electron chi connectivity index (χ0n) is 15.4. The highest BCUT2D eigenvalue weighted by molar-refractivity contribution is 8.19. The molecule has 0 aliphatic carbocycles. The molecule has 0 radical (unpaired) electrons. The van der Waals surface area contributed by atoms with Gasteiger partial charge in [0.25, 0.3) is 5.91 Å². The topological polar surface area (TPSA) is 73.9 Å². The van der Waals surface area contributed by atoms with Crippen LogP contribution in [-0.4, -0.2) is 43.7 Å². The fourth-order valence-corrected chi connectivity index (χ4v) is 5.45. The number of anilines is 1. The van der Waals surface area contributed by atoms with Crippen molar-refractivity contribution >= 4 is 41.1 Å². The highest BCUT2D eigenvalue weighted by atomic mass is 32.2. The van der Waals surface area contributed by atoms with Crippen LogP contribution < -0.4 is 14.8 Å². The van der Waals surface area contributed by atoms with E-state index in [4.69, 9.17) is 14.2 Å². The lowest BCUT2D eigenvalue weighted by molar-refractivity contribution is -0.149. The third-order valence-electron chi connectivity index (χ3n) is 3.88. The van der Waals surface area contributed by atoms with Gasteiger partial charge in [0.1, 0.15) is 11.5 Å². The Labute approximate surface area is 172 Å². The van der Waals surface area contributed by atoms with E-state index in [-0.39, 0.29) is 13.2 Å². The Kier molecular flexibility index (Phi) is 7.50. The number of benzene rings is 2. The van der Waals surface area contributed by atoms with Crippen LogP contribution in [0.15, 0.2) is 48.5 Å². The molecule has 1 aliphatic rings. The molecule has 0 aromatic heterocycles. The summed E-state index contributed by atoms with van der Waals surface area (Å²) >= 11 is 3.73. The van der Waals surface area contributed by atoms with Crippen LogP contribution in [0.1, 0.15) is 10.1 Å². The van der Waals surface area contributed by atoms with Crippen molar-refractivity contribution < 1.29 is 23.8 Å². The van der Waals surface area contributed by atoms with Gasteiger partial charge in [0.2, 0.25) is 0 Å². The van der Waals surface area contributed by atoms with E-state index in [0.717, 1.165) is 17.1 Å². The molecule has 0 unspecified atom stereocenters. The van der Waals surface area contributed by atoms with Gasteiger partial charge >= 0.3 is 5.97 Å². The SMILES string of the molecule is COc1ccc(NC(=O)COC(=O)COc2ccccc2C2SCCS2)cc1. The van der Waals surface area contributed by atoms with Crippen LogP contribution in [0.25, 0.3) is 0 Å². The molecule has 28 heavy (non-hydrogen) atoms. The van der Waals surface area contributed by atoms with Gasteiger partial charge in [0.15, 0.2) is 13.2 Å². The van der Waals surface area contributed by atoms with E-state index in [0.29, 0.717) is 21.8 Å². The fraction of sp³-hybridized carbons (Fsp3) is 0.300. The first-order chi connectivity index (χ1) is 13.7. The summed E-state index contributed by atoms with van der Waals surface area (Å²) in [5, 5.41) is 2.65. The number of hydrogen-bond donors (Lipinski definition) is 1. The predicted molar refractivity (Wildman–Crippen MR) is 112 cm³/mol. The van der Waals surface area contributed by atoms with Crippen LogP contribution in [0.5, 0.6) is 11.5 Å². The van der Waals surface area contributed by atoms with Crippen molar-refractivity contribution in [2.24, 2.45) is 0 Å². The summed E-state index contributed by atoms with van der Waals surface area (Å²) in [4.78, 5) is 23.8. The van der Waals surface area contributed by atoms with Gasteiger partial charge in [-0.1, -0.05) is 18.2 Å². The molecule has 1 fully saturated rings. The second kappa shape index (κ2) is 10.3. The molecule has 2 aromatic carbocycles. The Morgan fingerprint density at radius 3 is 2.46 bits per heavy atom. The molecule has 2 aromatic rings. The molecule has 1 heterocycles.